The maximum absolute atomic E-state index is 13.5. The van der Waals surface area contributed by atoms with Crippen molar-refractivity contribution in [1.82, 2.24) is 9.97 Å². The predicted molar refractivity (Wildman–Crippen MR) is 84.7 cm³/mol. The van der Waals surface area contributed by atoms with Crippen LogP contribution >= 0.6 is 0 Å². The summed E-state index contributed by atoms with van der Waals surface area (Å²) < 4.78 is 13.5. The Morgan fingerprint density at radius 3 is 2.67 bits per heavy atom. The van der Waals surface area contributed by atoms with Crippen LogP contribution in [0.1, 0.15) is 25.8 Å². The van der Waals surface area contributed by atoms with Gasteiger partial charge in [-0.25, -0.2) is 14.4 Å². The van der Waals surface area contributed by atoms with E-state index in [2.05, 4.69) is 22.2 Å². The fourth-order valence-electron chi connectivity index (χ4n) is 2.43. The van der Waals surface area contributed by atoms with Gasteiger partial charge in [-0.1, -0.05) is 19.4 Å². The SMILES string of the molecule is CCCc1c(NC)ncnc1N(CC)c1cccc(F)c1. The van der Waals surface area contributed by atoms with E-state index >= 15 is 0 Å². The number of rotatable bonds is 6. The van der Waals surface area contributed by atoms with Gasteiger partial charge in [-0.3, -0.25) is 0 Å². The standard InChI is InChI=1S/C16H21FN4/c1-4-7-14-15(18-3)19-11-20-16(14)21(5-2)13-9-6-8-12(17)10-13/h6,8-11H,4-5,7H2,1-3H3,(H,18,19,20). The predicted octanol–water partition coefficient (Wildman–Crippen LogP) is 3.77. The monoisotopic (exact) mass is 288 g/mol. The van der Waals surface area contributed by atoms with Gasteiger partial charge in [-0.2, -0.15) is 0 Å². The van der Waals surface area contributed by atoms with E-state index in [1.165, 1.54) is 12.1 Å². The molecule has 0 bridgehead atoms. The lowest BCUT2D eigenvalue weighted by molar-refractivity contribution is 0.627. The molecule has 2 aromatic rings. The first-order valence-corrected chi connectivity index (χ1v) is 7.26. The summed E-state index contributed by atoms with van der Waals surface area (Å²) in [6, 6.07) is 6.58. The highest BCUT2D eigenvalue weighted by molar-refractivity contribution is 5.67. The minimum atomic E-state index is -0.245. The van der Waals surface area contributed by atoms with Crippen LogP contribution in [0, 0.1) is 5.82 Å². The van der Waals surface area contributed by atoms with E-state index < -0.39 is 0 Å². The van der Waals surface area contributed by atoms with Crippen LogP contribution in [0.3, 0.4) is 0 Å². The summed E-state index contributed by atoms with van der Waals surface area (Å²) in [6.45, 7) is 4.86. The Bertz CT molecular complexity index is 601. The summed E-state index contributed by atoms with van der Waals surface area (Å²) >= 11 is 0. The summed E-state index contributed by atoms with van der Waals surface area (Å²) in [7, 11) is 1.85. The lowest BCUT2D eigenvalue weighted by atomic mass is 10.1. The molecule has 1 aromatic carbocycles. The van der Waals surface area contributed by atoms with E-state index in [1.807, 2.05) is 24.9 Å². The number of hydrogen-bond donors (Lipinski definition) is 1. The van der Waals surface area contributed by atoms with Crippen LogP contribution < -0.4 is 10.2 Å². The summed E-state index contributed by atoms with van der Waals surface area (Å²) in [4.78, 5) is 10.7. The molecule has 21 heavy (non-hydrogen) atoms. The molecule has 0 saturated heterocycles. The lowest BCUT2D eigenvalue weighted by Gasteiger charge is -2.25. The van der Waals surface area contributed by atoms with Gasteiger partial charge < -0.3 is 10.2 Å². The highest BCUT2D eigenvalue weighted by atomic mass is 19.1. The molecular weight excluding hydrogens is 267 g/mol. The van der Waals surface area contributed by atoms with E-state index in [0.29, 0.717) is 6.54 Å². The number of nitrogens with one attached hydrogen (secondary N) is 1. The first kappa shape index (κ1) is 15.2. The van der Waals surface area contributed by atoms with Gasteiger partial charge in [0.05, 0.1) is 0 Å². The highest BCUT2D eigenvalue weighted by Crippen LogP contribution is 2.30. The summed E-state index contributed by atoms with van der Waals surface area (Å²) in [5.41, 5.74) is 1.87. The molecule has 0 aliphatic carbocycles. The third kappa shape index (κ3) is 3.29. The van der Waals surface area contributed by atoms with Crippen molar-refractivity contribution in [3.05, 3.63) is 42.0 Å². The van der Waals surface area contributed by atoms with Crippen molar-refractivity contribution in [2.45, 2.75) is 26.7 Å². The molecule has 112 valence electrons. The molecule has 0 saturated carbocycles. The fourth-order valence-corrected chi connectivity index (χ4v) is 2.43. The van der Waals surface area contributed by atoms with Crippen LogP contribution in [0.5, 0.6) is 0 Å². The maximum atomic E-state index is 13.5. The maximum Gasteiger partial charge on any atom is 0.141 e. The van der Waals surface area contributed by atoms with Gasteiger partial charge in [0.25, 0.3) is 0 Å². The van der Waals surface area contributed by atoms with Gasteiger partial charge in [0.15, 0.2) is 0 Å². The first-order valence-electron chi connectivity index (χ1n) is 7.26. The third-order valence-electron chi connectivity index (χ3n) is 3.35. The molecule has 0 spiro atoms. The molecule has 0 aliphatic heterocycles. The zero-order valence-corrected chi connectivity index (χ0v) is 12.7. The topological polar surface area (TPSA) is 41.1 Å². The van der Waals surface area contributed by atoms with Crippen molar-refractivity contribution in [2.24, 2.45) is 0 Å². The van der Waals surface area contributed by atoms with Gasteiger partial charge in [0, 0.05) is 24.8 Å². The Balaban J connectivity index is 2.51. The molecule has 0 amide bonds. The van der Waals surface area contributed by atoms with E-state index in [0.717, 1.165) is 35.7 Å². The molecule has 1 heterocycles. The van der Waals surface area contributed by atoms with Gasteiger partial charge in [-0.15, -0.1) is 0 Å². The van der Waals surface area contributed by atoms with Gasteiger partial charge in [0.1, 0.15) is 23.8 Å². The Kier molecular flexibility index (Phi) is 5.09. The third-order valence-corrected chi connectivity index (χ3v) is 3.35. The second-order valence-electron chi connectivity index (χ2n) is 4.75. The minimum absolute atomic E-state index is 0.245. The van der Waals surface area contributed by atoms with E-state index in [-0.39, 0.29) is 5.82 Å². The van der Waals surface area contributed by atoms with Crippen molar-refractivity contribution in [1.29, 1.82) is 0 Å². The average Bonchev–Trinajstić information content (AvgIpc) is 2.50. The Labute approximate surface area is 125 Å². The molecule has 0 radical (unpaired) electrons. The summed E-state index contributed by atoms with van der Waals surface area (Å²) in [6.07, 6.45) is 3.41. The Morgan fingerprint density at radius 2 is 2.05 bits per heavy atom. The molecule has 2 rings (SSSR count). The second-order valence-corrected chi connectivity index (χ2v) is 4.75. The van der Waals surface area contributed by atoms with Crippen LogP contribution in [-0.2, 0) is 6.42 Å². The number of nitrogens with zero attached hydrogens (tertiary/aromatic N) is 3. The number of aromatic nitrogens is 2. The van der Waals surface area contributed by atoms with Gasteiger partial charge >= 0.3 is 0 Å². The Hall–Kier alpha value is -2.17. The zero-order chi connectivity index (χ0) is 15.2. The molecule has 0 atom stereocenters. The van der Waals surface area contributed by atoms with Crippen molar-refractivity contribution in [3.8, 4) is 0 Å². The van der Waals surface area contributed by atoms with Crippen molar-refractivity contribution in [3.63, 3.8) is 0 Å². The van der Waals surface area contributed by atoms with E-state index in [9.17, 15) is 4.39 Å². The van der Waals surface area contributed by atoms with E-state index in [1.54, 1.807) is 12.4 Å². The normalized spacial score (nSPS) is 10.5. The van der Waals surface area contributed by atoms with Gasteiger partial charge in [0.2, 0.25) is 0 Å². The van der Waals surface area contributed by atoms with Crippen molar-refractivity contribution in [2.75, 3.05) is 23.8 Å². The molecule has 5 heteroatoms. The first-order chi connectivity index (χ1) is 10.2. The molecule has 1 aromatic heterocycles. The molecule has 0 aliphatic rings. The van der Waals surface area contributed by atoms with Crippen molar-refractivity contribution >= 4 is 17.3 Å². The average molecular weight is 288 g/mol. The number of benzene rings is 1. The summed E-state index contributed by atoms with van der Waals surface area (Å²) in [5.74, 6) is 1.42. The smallest absolute Gasteiger partial charge is 0.141 e. The number of anilines is 3. The molecule has 0 unspecified atom stereocenters. The Morgan fingerprint density at radius 1 is 1.24 bits per heavy atom. The van der Waals surface area contributed by atoms with Crippen molar-refractivity contribution < 1.29 is 4.39 Å². The highest BCUT2D eigenvalue weighted by Gasteiger charge is 2.17. The number of hydrogen-bond acceptors (Lipinski definition) is 4. The van der Waals surface area contributed by atoms with Crippen LogP contribution in [0.15, 0.2) is 30.6 Å². The molecule has 4 nitrogen and oxygen atoms in total. The largest absolute Gasteiger partial charge is 0.373 e. The zero-order valence-electron chi connectivity index (χ0n) is 12.7. The van der Waals surface area contributed by atoms with Gasteiger partial charge in [-0.05, 0) is 31.5 Å². The molecular formula is C16H21FN4. The second kappa shape index (κ2) is 7.02. The quantitative estimate of drug-likeness (QED) is 0.878. The molecule has 0 fully saturated rings. The van der Waals surface area contributed by atoms with Crippen LogP contribution in [0.25, 0.3) is 0 Å². The molecule has 1 N–H and O–H groups in total. The minimum Gasteiger partial charge on any atom is -0.373 e. The summed E-state index contributed by atoms with van der Waals surface area (Å²) in [5, 5.41) is 3.11. The fraction of sp³-hybridized carbons (Fsp3) is 0.375. The van der Waals surface area contributed by atoms with E-state index in [4.69, 9.17) is 0 Å². The van der Waals surface area contributed by atoms with Crippen LogP contribution in [-0.4, -0.2) is 23.6 Å². The lowest BCUT2D eigenvalue weighted by Crippen LogP contribution is -2.20. The van der Waals surface area contributed by atoms with Crippen LogP contribution in [0.2, 0.25) is 0 Å². The number of halogens is 1. The van der Waals surface area contributed by atoms with Crippen LogP contribution in [0.4, 0.5) is 21.7 Å².